The Bertz CT molecular complexity index is 991. The minimum Gasteiger partial charge on any atom is -0.352 e. The van der Waals surface area contributed by atoms with Gasteiger partial charge in [0.1, 0.15) is 17.0 Å². The molecule has 0 bridgehead atoms. The third kappa shape index (κ3) is 2.87. The number of nitrogens with zero attached hydrogens (tertiary/aromatic N) is 4. The lowest BCUT2D eigenvalue weighted by atomic mass is 9.94. The highest BCUT2D eigenvalue weighted by Crippen LogP contribution is 2.50. The molecule has 1 aliphatic heterocycles. The van der Waals surface area contributed by atoms with E-state index < -0.39 is 0 Å². The highest BCUT2D eigenvalue weighted by molar-refractivity contribution is 7.16. The summed E-state index contributed by atoms with van der Waals surface area (Å²) in [4.78, 5) is 27.4. The van der Waals surface area contributed by atoms with Gasteiger partial charge in [0.05, 0.1) is 10.8 Å². The molecule has 27 heavy (non-hydrogen) atoms. The van der Waals surface area contributed by atoms with Crippen molar-refractivity contribution in [1.29, 1.82) is 0 Å². The molecule has 2 fully saturated rings. The molecule has 1 aromatic carbocycles. The number of carbonyl (C=O) groups excluding carboxylic acids is 1. The van der Waals surface area contributed by atoms with Crippen molar-refractivity contribution < 1.29 is 4.79 Å². The summed E-state index contributed by atoms with van der Waals surface area (Å²) < 4.78 is 0. The van der Waals surface area contributed by atoms with Crippen LogP contribution in [0.1, 0.15) is 18.4 Å². The Kier molecular flexibility index (Phi) is 4.06. The van der Waals surface area contributed by atoms with Crippen LogP contribution in [0, 0.1) is 0 Å². The molecule has 0 spiro atoms. The first-order valence-electron chi connectivity index (χ1n) is 9.16. The number of aromatic nitrogens is 2. The monoisotopic (exact) mass is 398 g/mol. The van der Waals surface area contributed by atoms with E-state index in [1.807, 2.05) is 34.5 Å². The van der Waals surface area contributed by atoms with Gasteiger partial charge in [-0.25, -0.2) is 9.97 Å². The van der Waals surface area contributed by atoms with Gasteiger partial charge in [-0.1, -0.05) is 23.7 Å². The number of thiophene rings is 1. The molecule has 7 heteroatoms. The van der Waals surface area contributed by atoms with Crippen LogP contribution in [0.15, 0.2) is 42.0 Å². The van der Waals surface area contributed by atoms with Crippen molar-refractivity contribution in [3.05, 3.63) is 52.6 Å². The Balaban J connectivity index is 1.31. The van der Waals surface area contributed by atoms with E-state index in [9.17, 15) is 4.79 Å². The minimum absolute atomic E-state index is 0.257. The Morgan fingerprint density at radius 3 is 2.48 bits per heavy atom. The van der Waals surface area contributed by atoms with Crippen LogP contribution in [-0.4, -0.2) is 47.0 Å². The van der Waals surface area contributed by atoms with Crippen LogP contribution in [0.3, 0.4) is 0 Å². The van der Waals surface area contributed by atoms with Gasteiger partial charge in [0, 0.05) is 31.2 Å². The van der Waals surface area contributed by atoms with E-state index >= 15 is 0 Å². The van der Waals surface area contributed by atoms with Gasteiger partial charge in [-0.15, -0.1) is 11.3 Å². The van der Waals surface area contributed by atoms with Gasteiger partial charge in [-0.05, 0) is 42.0 Å². The molecule has 1 saturated carbocycles. The molecule has 0 atom stereocenters. The fraction of sp³-hybridized carbons (Fsp3) is 0.350. The van der Waals surface area contributed by atoms with E-state index in [1.165, 1.54) is 0 Å². The van der Waals surface area contributed by atoms with Gasteiger partial charge in [0.2, 0.25) is 5.91 Å². The average molecular weight is 399 g/mol. The van der Waals surface area contributed by atoms with Crippen molar-refractivity contribution in [2.75, 3.05) is 31.1 Å². The first-order chi connectivity index (χ1) is 13.2. The number of hydrogen-bond donors (Lipinski definition) is 0. The summed E-state index contributed by atoms with van der Waals surface area (Å²) in [6, 6.07) is 9.83. The molecule has 2 aromatic heterocycles. The van der Waals surface area contributed by atoms with Gasteiger partial charge in [-0.2, -0.15) is 0 Å². The van der Waals surface area contributed by atoms with Gasteiger partial charge in [-0.3, -0.25) is 4.79 Å². The predicted molar refractivity (Wildman–Crippen MR) is 109 cm³/mol. The lowest BCUT2D eigenvalue weighted by Gasteiger charge is -2.37. The Hall–Kier alpha value is -2.18. The number of halogens is 1. The molecule has 0 radical (unpaired) electrons. The normalized spacial score (nSPS) is 18.7. The van der Waals surface area contributed by atoms with E-state index in [1.54, 1.807) is 17.7 Å². The lowest BCUT2D eigenvalue weighted by Crippen LogP contribution is -2.51. The number of benzene rings is 1. The number of hydrogen-bond acceptors (Lipinski definition) is 5. The van der Waals surface area contributed by atoms with Gasteiger partial charge in [0.25, 0.3) is 0 Å². The van der Waals surface area contributed by atoms with Crippen molar-refractivity contribution in [2.45, 2.75) is 18.3 Å². The summed E-state index contributed by atoms with van der Waals surface area (Å²) in [5.41, 5.74) is 0.762. The largest absolute Gasteiger partial charge is 0.352 e. The average Bonchev–Trinajstić information content (AvgIpc) is 3.37. The fourth-order valence-electron chi connectivity index (χ4n) is 3.97. The van der Waals surface area contributed by atoms with Gasteiger partial charge < -0.3 is 9.80 Å². The maximum atomic E-state index is 13.2. The summed E-state index contributed by atoms with van der Waals surface area (Å²) in [6.07, 6.45) is 3.48. The third-order valence-electron chi connectivity index (χ3n) is 5.66. The maximum absolute atomic E-state index is 13.2. The quantitative estimate of drug-likeness (QED) is 0.674. The molecule has 3 aromatic rings. The molecule has 1 aliphatic carbocycles. The number of fused-ring (bicyclic) bond motifs is 1. The molecular formula is C20H19ClN4OS. The summed E-state index contributed by atoms with van der Waals surface area (Å²) in [7, 11) is 0. The molecule has 138 valence electrons. The first kappa shape index (κ1) is 17.0. The van der Waals surface area contributed by atoms with Crippen LogP contribution >= 0.6 is 22.9 Å². The van der Waals surface area contributed by atoms with Crippen molar-refractivity contribution in [3.8, 4) is 0 Å². The maximum Gasteiger partial charge on any atom is 0.233 e. The zero-order valence-corrected chi connectivity index (χ0v) is 16.3. The van der Waals surface area contributed by atoms with Crippen molar-refractivity contribution >= 4 is 44.9 Å². The molecule has 1 amide bonds. The number of piperazine rings is 1. The summed E-state index contributed by atoms with van der Waals surface area (Å²) in [5.74, 6) is 1.24. The zero-order chi connectivity index (χ0) is 18.4. The van der Waals surface area contributed by atoms with E-state index in [0.29, 0.717) is 5.02 Å². The summed E-state index contributed by atoms with van der Waals surface area (Å²) >= 11 is 7.64. The molecule has 0 N–H and O–H groups in total. The third-order valence-corrected chi connectivity index (χ3v) is 6.74. The molecule has 3 heterocycles. The van der Waals surface area contributed by atoms with Crippen LogP contribution in [-0.2, 0) is 10.2 Å². The minimum atomic E-state index is -0.331. The van der Waals surface area contributed by atoms with Gasteiger partial charge in [0.15, 0.2) is 0 Å². The second-order valence-electron chi connectivity index (χ2n) is 7.20. The predicted octanol–water partition coefficient (Wildman–Crippen LogP) is 3.73. The first-order valence-corrected chi connectivity index (χ1v) is 10.4. The SMILES string of the molecule is O=C(N1CCN(c2ncnc3sccc23)CC1)C1(c2ccc(Cl)cc2)CC1. The van der Waals surface area contributed by atoms with Gasteiger partial charge >= 0.3 is 0 Å². The highest BCUT2D eigenvalue weighted by atomic mass is 35.5. The van der Waals surface area contributed by atoms with Crippen molar-refractivity contribution in [3.63, 3.8) is 0 Å². The molecule has 0 unspecified atom stereocenters. The van der Waals surface area contributed by atoms with E-state index in [4.69, 9.17) is 11.6 Å². The highest BCUT2D eigenvalue weighted by Gasteiger charge is 2.53. The van der Waals surface area contributed by atoms with Crippen LogP contribution in [0.5, 0.6) is 0 Å². The van der Waals surface area contributed by atoms with Crippen LogP contribution in [0.2, 0.25) is 5.02 Å². The second kappa shape index (κ2) is 6.46. The van der Waals surface area contributed by atoms with E-state index in [2.05, 4.69) is 20.9 Å². The number of amides is 1. The second-order valence-corrected chi connectivity index (χ2v) is 8.54. The van der Waals surface area contributed by atoms with Crippen LogP contribution in [0.4, 0.5) is 5.82 Å². The van der Waals surface area contributed by atoms with Crippen LogP contribution < -0.4 is 4.90 Å². The molecule has 1 saturated heterocycles. The molecular weight excluding hydrogens is 380 g/mol. The van der Waals surface area contributed by atoms with Crippen LogP contribution in [0.25, 0.3) is 10.2 Å². The number of anilines is 1. The smallest absolute Gasteiger partial charge is 0.233 e. The molecule has 2 aliphatic rings. The Morgan fingerprint density at radius 2 is 1.78 bits per heavy atom. The summed E-state index contributed by atoms with van der Waals surface area (Å²) in [5, 5.41) is 3.85. The number of carbonyl (C=O) groups is 1. The summed E-state index contributed by atoms with van der Waals surface area (Å²) in [6.45, 7) is 3.04. The lowest BCUT2D eigenvalue weighted by molar-refractivity contribution is -0.134. The standard InChI is InChI=1S/C20H19ClN4OS/c21-15-3-1-14(2-4-15)20(6-7-20)19(26)25-10-8-24(9-11-25)17-16-5-12-27-18(16)23-13-22-17/h1-5,12-13H,6-11H2. The zero-order valence-electron chi connectivity index (χ0n) is 14.8. The number of rotatable bonds is 3. The Labute approximate surface area is 166 Å². The Morgan fingerprint density at radius 1 is 1.04 bits per heavy atom. The topological polar surface area (TPSA) is 49.3 Å². The fourth-order valence-corrected chi connectivity index (χ4v) is 4.83. The van der Waals surface area contributed by atoms with Crippen molar-refractivity contribution in [1.82, 2.24) is 14.9 Å². The van der Waals surface area contributed by atoms with E-state index in [-0.39, 0.29) is 11.3 Å². The molecule has 5 nitrogen and oxygen atoms in total. The molecule has 5 rings (SSSR count). The van der Waals surface area contributed by atoms with Crippen molar-refractivity contribution in [2.24, 2.45) is 0 Å². The van der Waals surface area contributed by atoms with E-state index in [0.717, 1.165) is 60.6 Å².